The van der Waals surface area contributed by atoms with Crippen LogP contribution in [0.2, 0.25) is 0 Å². The number of aliphatic hydroxyl groups excluding tert-OH is 2. The first-order valence-electron chi connectivity index (χ1n) is 7.92. The van der Waals surface area contributed by atoms with Gasteiger partial charge in [-0.1, -0.05) is 19.4 Å². The van der Waals surface area contributed by atoms with Gasteiger partial charge >= 0.3 is 5.97 Å². The summed E-state index contributed by atoms with van der Waals surface area (Å²) in [5.41, 5.74) is -0.164. The van der Waals surface area contributed by atoms with Gasteiger partial charge in [0.05, 0.1) is 6.61 Å². The van der Waals surface area contributed by atoms with Crippen LogP contribution in [0.15, 0.2) is 11.6 Å². The molecule has 0 spiro atoms. The third kappa shape index (κ3) is 2.61. The van der Waals surface area contributed by atoms with E-state index in [0.717, 1.165) is 5.57 Å². The van der Waals surface area contributed by atoms with Gasteiger partial charge in [0.25, 0.3) is 0 Å². The molecule has 2 aliphatic carbocycles. The molecule has 2 aliphatic rings. The van der Waals surface area contributed by atoms with Crippen molar-refractivity contribution in [2.45, 2.75) is 52.7 Å². The van der Waals surface area contributed by atoms with Crippen molar-refractivity contribution in [1.82, 2.24) is 0 Å². The Balaban J connectivity index is 2.52. The van der Waals surface area contributed by atoms with Crippen molar-refractivity contribution in [1.29, 1.82) is 0 Å². The minimum absolute atomic E-state index is 0.150. The number of hydrogen-bond donors (Lipinski definition) is 2. The second-order valence-corrected chi connectivity index (χ2v) is 7.08. The number of hydrogen-bond acceptors (Lipinski definition) is 5. The van der Waals surface area contributed by atoms with Gasteiger partial charge < -0.3 is 14.9 Å². The van der Waals surface area contributed by atoms with Crippen molar-refractivity contribution >= 4 is 11.8 Å². The maximum Gasteiger partial charge on any atom is 0.302 e. The van der Waals surface area contributed by atoms with E-state index < -0.39 is 17.6 Å². The minimum Gasteiger partial charge on any atom is -0.462 e. The van der Waals surface area contributed by atoms with E-state index in [1.807, 2.05) is 6.92 Å². The highest BCUT2D eigenvalue weighted by Gasteiger charge is 2.58. The van der Waals surface area contributed by atoms with Crippen LogP contribution < -0.4 is 0 Å². The maximum atomic E-state index is 12.0. The zero-order valence-electron chi connectivity index (χ0n) is 13.7. The molecule has 5 atom stereocenters. The minimum atomic E-state index is -1.24. The van der Waals surface area contributed by atoms with Crippen LogP contribution >= 0.6 is 0 Å². The Labute approximate surface area is 131 Å². The van der Waals surface area contributed by atoms with Crippen LogP contribution in [0.3, 0.4) is 0 Å². The van der Waals surface area contributed by atoms with Crippen molar-refractivity contribution in [2.75, 3.05) is 6.61 Å². The van der Waals surface area contributed by atoms with Crippen molar-refractivity contribution < 1.29 is 24.5 Å². The molecule has 0 aromatic carbocycles. The molecular formula is C17H26O5. The molecule has 0 bridgehead atoms. The molecule has 2 rings (SSSR count). The Morgan fingerprint density at radius 1 is 1.50 bits per heavy atom. The lowest BCUT2D eigenvalue weighted by Crippen LogP contribution is -2.60. The van der Waals surface area contributed by atoms with Crippen molar-refractivity contribution in [3.05, 3.63) is 11.6 Å². The molecule has 124 valence electrons. The number of ketones is 1. The highest BCUT2D eigenvalue weighted by Crippen LogP contribution is 2.53. The van der Waals surface area contributed by atoms with Crippen LogP contribution in [0.25, 0.3) is 0 Å². The number of rotatable bonds is 3. The zero-order chi connectivity index (χ0) is 16.7. The summed E-state index contributed by atoms with van der Waals surface area (Å²) < 4.78 is 5.60. The van der Waals surface area contributed by atoms with Crippen molar-refractivity contribution in [3.63, 3.8) is 0 Å². The fourth-order valence-corrected chi connectivity index (χ4v) is 4.35. The second-order valence-electron chi connectivity index (χ2n) is 7.08. The highest BCUT2D eigenvalue weighted by atomic mass is 16.5. The lowest BCUT2D eigenvalue weighted by molar-refractivity contribution is -0.179. The van der Waals surface area contributed by atoms with E-state index in [9.17, 15) is 19.8 Å². The molecule has 0 aromatic rings. The zero-order valence-corrected chi connectivity index (χ0v) is 13.7. The monoisotopic (exact) mass is 310 g/mol. The smallest absolute Gasteiger partial charge is 0.302 e. The molecule has 1 saturated carbocycles. The van der Waals surface area contributed by atoms with Gasteiger partial charge in [0.1, 0.15) is 12.2 Å². The topological polar surface area (TPSA) is 83.8 Å². The van der Waals surface area contributed by atoms with Gasteiger partial charge in [-0.3, -0.25) is 9.59 Å². The summed E-state index contributed by atoms with van der Waals surface area (Å²) in [6, 6.07) is 0. The molecule has 5 nitrogen and oxygen atoms in total. The first kappa shape index (κ1) is 17.2. The van der Waals surface area contributed by atoms with E-state index in [-0.39, 0.29) is 30.2 Å². The van der Waals surface area contributed by atoms with Gasteiger partial charge in [-0.05, 0) is 37.7 Å². The van der Waals surface area contributed by atoms with Gasteiger partial charge in [-0.2, -0.15) is 0 Å². The Kier molecular flexibility index (Phi) is 4.78. The first-order chi connectivity index (χ1) is 10.2. The van der Waals surface area contributed by atoms with Gasteiger partial charge in [-0.15, -0.1) is 0 Å². The third-order valence-electron chi connectivity index (χ3n) is 5.44. The standard InChI is InChI=1S/C17H26O5/c1-9(2)12-5-6-17(8-18)14(15(12)22-11(4)19)10(3)7-13(20)16(17)21/h7,9,12,14-16,18,21H,5-6,8H2,1-4H3/t12-,14-,15+,16?,17-/m0/s1. The number of carbonyl (C=O) groups is 2. The van der Waals surface area contributed by atoms with E-state index in [1.54, 1.807) is 0 Å². The number of fused-ring (bicyclic) bond motifs is 1. The molecule has 0 aromatic heterocycles. The number of ether oxygens (including phenoxy) is 1. The molecule has 0 heterocycles. The average molecular weight is 310 g/mol. The first-order valence-corrected chi connectivity index (χ1v) is 7.92. The van der Waals surface area contributed by atoms with Gasteiger partial charge in [0.2, 0.25) is 0 Å². The summed E-state index contributed by atoms with van der Waals surface area (Å²) in [6.07, 6.45) is 1.04. The molecule has 2 N–H and O–H groups in total. The Morgan fingerprint density at radius 3 is 2.64 bits per heavy atom. The average Bonchev–Trinajstić information content (AvgIpc) is 2.43. The molecule has 0 aliphatic heterocycles. The molecule has 0 saturated heterocycles. The molecule has 1 unspecified atom stereocenters. The predicted molar refractivity (Wildman–Crippen MR) is 80.9 cm³/mol. The van der Waals surface area contributed by atoms with Crippen LogP contribution in [0, 0.1) is 23.2 Å². The van der Waals surface area contributed by atoms with E-state index >= 15 is 0 Å². The largest absolute Gasteiger partial charge is 0.462 e. The number of carbonyl (C=O) groups excluding carboxylic acids is 2. The SMILES string of the molecule is CC(=O)O[C@@H]1[C@H](C(C)C)CC[C@@]2(CO)C(O)C(=O)C=C(C)[C@@H]12. The van der Waals surface area contributed by atoms with Crippen LogP contribution in [-0.4, -0.2) is 40.8 Å². The fraction of sp³-hybridized carbons (Fsp3) is 0.765. The van der Waals surface area contributed by atoms with Gasteiger partial charge in [0.15, 0.2) is 5.78 Å². The normalized spacial score (nSPS) is 38.5. The van der Waals surface area contributed by atoms with Crippen LogP contribution in [-0.2, 0) is 14.3 Å². The molecular weight excluding hydrogens is 284 g/mol. The van der Waals surface area contributed by atoms with Crippen LogP contribution in [0.5, 0.6) is 0 Å². The van der Waals surface area contributed by atoms with Crippen LogP contribution in [0.4, 0.5) is 0 Å². The van der Waals surface area contributed by atoms with Crippen LogP contribution in [0.1, 0.15) is 40.5 Å². The molecule has 0 amide bonds. The Morgan fingerprint density at radius 2 is 2.14 bits per heavy atom. The lowest BCUT2D eigenvalue weighted by Gasteiger charge is -2.54. The number of aliphatic hydroxyl groups is 2. The maximum absolute atomic E-state index is 12.0. The fourth-order valence-electron chi connectivity index (χ4n) is 4.35. The molecule has 0 radical (unpaired) electrons. The van der Waals surface area contributed by atoms with E-state index in [0.29, 0.717) is 18.8 Å². The second kappa shape index (κ2) is 6.13. The van der Waals surface area contributed by atoms with E-state index in [1.165, 1.54) is 13.0 Å². The van der Waals surface area contributed by atoms with Crippen molar-refractivity contribution in [2.24, 2.45) is 23.2 Å². The molecule has 5 heteroatoms. The predicted octanol–water partition coefficient (Wildman–Crippen LogP) is 1.47. The third-order valence-corrected chi connectivity index (χ3v) is 5.44. The summed E-state index contributed by atoms with van der Waals surface area (Å²) >= 11 is 0. The summed E-state index contributed by atoms with van der Waals surface area (Å²) in [5.74, 6) is -0.604. The number of esters is 1. The Bertz CT molecular complexity index is 495. The summed E-state index contributed by atoms with van der Waals surface area (Å²) in [5, 5.41) is 20.4. The van der Waals surface area contributed by atoms with Crippen molar-refractivity contribution in [3.8, 4) is 0 Å². The van der Waals surface area contributed by atoms with E-state index in [2.05, 4.69) is 13.8 Å². The van der Waals surface area contributed by atoms with E-state index in [4.69, 9.17) is 4.74 Å². The summed E-state index contributed by atoms with van der Waals surface area (Å²) in [7, 11) is 0. The van der Waals surface area contributed by atoms with Gasteiger partial charge in [0, 0.05) is 18.3 Å². The quantitative estimate of drug-likeness (QED) is 0.771. The lowest BCUT2D eigenvalue weighted by atomic mass is 9.53. The summed E-state index contributed by atoms with van der Waals surface area (Å²) in [4.78, 5) is 23.6. The molecule has 1 fully saturated rings. The Hall–Kier alpha value is -1.20. The highest BCUT2D eigenvalue weighted by molar-refractivity contribution is 5.96. The summed E-state index contributed by atoms with van der Waals surface area (Å²) in [6.45, 7) is 7.06. The van der Waals surface area contributed by atoms with Gasteiger partial charge in [-0.25, -0.2) is 0 Å². The molecule has 22 heavy (non-hydrogen) atoms.